The summed E-state index contributed by atoms with van der Waals surface area (Å²) in [5.41, 5.74) is -0.453. The third-order valence-corrected chi connectivity index (χ3v) is 2.95. The molecule has 0 fully saturated rings. The zero-order chi connectivity index (χ0) is 12.8. The fraction of sp³-hybridized carbons (Fsp3) is 0.923. The molecule has 0 saturated carbocycles. The normalized spacial score (nSPS) is 12.9. The number of hydrogen-bond donors (Lipinski definition) is 0. The molecule has 0 aliphatic carbocycles. The Balaban J connectivity index is 3.85. The molecule has 0 radical (unpaired) electrons. The van der Waals surface area contributed by atoms with Gasteiger partial charge in [0.2, 0.25) is 0 Å². The van der Waals surface area contributed by atoms with Crippen molar-refractivity contribution in [1.29, 1.82) is 0 Å². The Labute approximate surface area is 99.5 Å². The molecular weight excluding hydrogens is 204 g/mol. The predicted molar refractivity (Wildman–Crippen MR) is 65.7 cm³/mol. The number of rotatable bonds is 8. The Hall–Kier alpha value is -0.410. The number of carbonyl (C=O) groups is 1. The maximum atomic E-state index is 11.5. The zero-order valence-corrected chi connectivity index (χ0v) is 11.6. The fourth-order valence-electron chi connectivity index (χ4n) is 0.798. The minimum atomic E-state index is -0.226. The van der Waals surface area contributed by atoms with Crippen molar-refractivity contribution >= 4 is 5.78 Å². The maximum Gasteiger partial charge on any atom is 0.184 e. The van der Waals surface area contributed by atoms with Gasteiger partial charge in [0.25, 0.3) is 0 Å². The smallest absolute Gasteiger partial charge is 0.184 e. The van der Waals surface area contributed by atoms with E-state index in [0.717, 1.165) is 12.8 Å². The first-order valence-electron chi connectivity index (χ1n) is 6.02. The highest BCUT2D eigenvalue weighted by Gasteiger charge is 2.20. The highest BCUT2D eigenvalue weighted by molar-refractivity contribution is 5.80. The van der Waals surface area contributed by atoms with Crippen LogP contribution < -0.4 is 0 Å². The van der Waals surface area contributed by atoms with Crippen molar-refractivity contribution in [2.45, 2.75) is 65.6 Å². The molecule has 96 valence electrons. The van der Waals surface area contributed by atoms with Crippen molar-refractivity contribution in [3.63, 3.8) is 0 Å². The SMILES string of the molecule is CCC(C)(C)OCC(=O)COC(C)(C)CC. The van der Waals surface area contributed by atoms with E-state index >= 15 is 0 Å². The highest BCUT2D eigenvalue weighted by atomic mass is 16.5. The van der Waals surface area contributed by atoms with Crippen LogP contribution in [0.25, 0.3) is 0 Å². The van der Waals surface area contributed by atoms with E-state index in [2.05, 4.69) is 0 Å². The van der Waals surface area contributed by atoms with E-state index in [9.17, 15) is 4.79 Å². The minimum Gasteiger partial charge on any atom is -0.368 e. The number of carbonyl (C=O) groups excluding carboxylic acids is 1. The number of ether oxygens (including phenoxy) is 2. The van der Waals surface area contributed by atoms with Crippen molar-refractivity contribution in [2.75, 3.05) is 13.2 Å². The summed E-state index contributed by atoms with van der Waals surface area (Å²) in [6.45, 7) is 12.3. The molecule has 3 heteroatoms. The topological polar surface area (TPSA) is 35.5 Å². The minimum absolute atomic E-state index is 0.00282. The van der Waals surface area contributed by atoms with Crippen molar-refractivity contribution in [2.24, 2.45) is 0 Å². The molecule has 0 aromatic carbocycles. The van der Waals surface area contributed by atoms with Crippen molar-refractivity contribution in [3.8, 4) is 0 Å². The second-order valence-corrected chi connectivity index (χ2v) is 5.34. The standard InChI is InChI=1S/C13H26O3/c1-7-12(3,4)15-9-11(14)10-16-13(5,6)8-2/h7-10H2,1-6H3. The van der Waals surface area contributed by atoms with Crippen LogP contribution in [0.15, 0.2) is 0 Å². The summed E-state index contributed by atoms with van der Waals surface area (Å²) < 4.78 is 11.0. The average molecular weight is 230 g/mol. The second kappa shape index (κ2) is 6.36. The van der Waals surface area contributed by atoms with Crippen LogP contribution in [0.1, 0.15) is 54.4 Å². The lowest BCUT2D eigenvalue weighted by atomic mass is 10.1. The van der Waals surface area contributed by atoms with Gasteiger partial charge in [-0.25, -0.2) is 0 Å². The Bertz CT molecular complexity index is 197. The van der Waals surface area contributed by atoms with Gasteiger partial charge < -0.3 is 9.47 Å². The molecule has 0 N–H and O–H groups in total. The molecule has 0 heterocycles. The summed E-state index contributed by atoms with van der Waals surface area (Å²) >= 11 is 0. The molecule has 3 nitrogen and oxygen atoms in total. The van der Waals surface area contributed by atoms with Gasteiger partial charge >= 0.3 is 0 Å². The molecule has 0 aromatic heterocycles. The number of ketones is 1. The molecule has 16 heavy (non-hydrogen) atoms. The summed E-state index contributed by atoms with van der Waals surface area (Å²) in [6, 6.07) is 0. The van der Waals surface area contributed by atoms with Gasteiger partial charge in [-0.2, -0.15) is 0 Å². The van der Waals surface area contributed by atoms with Gasteiger partial charge in [0, 0.05) is 0 Å². The molecule has 0 aliphatic heterocycles. The highest BCUT2D eigenvalue weighted by Crippen LogP contribution is 2.15. The van der Waals surface area contributed by atoms with Crippen LogP contribution >= 0.6 is 0 Å². The van der Waals surface area contributed by atoms with Gasteiger partial charge in [-0.15, -0.1) is 0 Å². The molecular formula is C13H26O3. The monoisotopic (exact) mass is 230 g/mol. The van der Waals surface area contributed by atoms with Crippen LogP contribution in [-0.2, 0) is 14.3 Å². The van der Waals surface area contributed by atoms with Crippen molar-refractivity contribution in [3.05, 3.63) is 0 Å². The third kappa shape index (κ3) is 6.96. The third-order valence-electron chi connectivity index (χ3n) is 2.95. The summed E-state index contributed by atoms with van der Waals surface area (Å²) in [6.07, 6.45) is 1.78. The van der Waals surface area contributed by atoms with E-state index < -0.39 is 0 Å². The van der Waals surface area contributed by atoms with E-state index in [1.54, 1.807) is 0 Å². The molecule has 0 aromatic rings. The van der Waals surface area contributed by atoms with Crippen LogP contribution in [0, 0.1) is 0 Å². The summed E-state index contributed by atoms with van der Waals surface area (Å²) in [5, 5.41) is 0. The lowest BCUT2D eigenvalue weighted by Gasteiger charge is -2.25. The number of Topliss-reactive ketones (excluding diaryl/α,β-unsaturated/α-hetero) is 1. The Morgan fingerprint density at radius 1 is 0.875 bits per heavy atom. The van der Waals surface area contributed by atoms with Crippen LogP contribution in [0.5, 0.6) is 0 Å². The fourth-order valence-corrected chi connectivity index (χ4v) is 0.798. The van der Waals surface area contributed by atoms with Gasteiger partial charge in [-0.3, -0.25) is 4.79 Å². The van der Waals surface area contributed by atoms with Gasteiger partial charge in [0.1, 0.15) is 13.2 Å². The molecule has 0 amide bonds. The molecule has 0 unspecified atom stereocenters. The summed E-state index contributed by atoms with van der Waals surface area (Å²) in [7, 11) is 0. The van der Waals surface area contributed by atoms with Gasteiger partial charge in [0.05, 0.1) is 11.2 Å². The van der Waals surface area contributed by atoms with E-state index in [1.165, 1.54) is 0 Å². The molecule has 0 atom stereocenters. The Morgan fingerprint density at radius 2 is 1.19 bits per heavy atom. The largest absolute Gasteiger partial charge is 0.368 e. The van der Waals surface area contributed by atoms with Crippen LogP contribution in [0.3, 0.4) is 0 Å². The average Bonchev–Trinajstić information content (AvgIpc) is 2.24. The predicted octanol–water partition coefficient (Wildman–Crippen LogP) is 2.97. The summed E-state index contributed by atoms with van der Waals surface area (Å²) in [5.74, 6) is 0.00282. The van der Waals surface area contributed by atoms with Crippen molar-refractivity contribution < 1.29 is 14.3 Å². The quantitative estimate of drug-likeness (QED) is 0.643. The maximum absolute atomic E-state index is 11.5. The molecule has 0 aliphatic rings. The van der Waals surface area contributed by atoms with Crippen LogP contribution in [0.2, 0.25) is 0 Å². The Morgan fingerprint density at radius 3 is 1.44 bits per heavy atom. The van der Waals surface area contributed by atoms with Crippen LogP contribution in [-0.4, -0.2) is 30.2 Å². The van der Waals surface area contributed by atoms with Crippen LogP contribution in [0.4, 0.5) is 0 Å². The lowest BCUT2D eigenvalue weighted by molar-refractivity contribution is -0.139. The van der Waals surface area contributed by atoms with Gasteiger partial charge in [0.15, 0.2) is 5.78 Å². The zero-order valence-electron chi connectivity index (χ0n) is 11.6. The van der Waals surface area contributed by atoms with E-state index in [1.807, 2.05) is 41.5 Å². The van der Waals surface area contributed by atoms with Gasteiger partial charge in [-0.1, -0.05) is 13.8 Å². The first-order chi connectivity index (χ1) is 7.22. The van der Waals surface area contributed by atoms with E-state index in [-0.39, 0.29) is 30.2 Å². The number of hydrogen-bond acceptors (Lipinski definition) is 3. The molecule has 0 rings (SSSR count). The van der Waals surface area contributed by atoms with E-state index in [0.29, 0.717) is 0 Å². The second-order valence-electron chi connectivity index (χ2n) is 5.34. The molecule has 0 spiro atoms. The van der Waals surface area contributed by atoms with Gasteiger partial charge in [-0.05, 0) is 40.5 Å². The summed E-state index contributed by atoms with van der Waals surface area (Å²) in [4.78, 5) is 11.5. The molecule has 0 saturated heterocycles. The lowest BCUT2D eigenvalue weighted by Crippen LogP contribution is -2.31. The van der Waals surface area contributed by atoms with E-state index in [4.69, 9.17) is 9.47 Å². The molecule has 0 bridgehead atoms. The first kappa shape index (κ1) is 15.6. The first-order valence-corrected chi connectivity index (χ1v) is 6.02. The Kier molecular flexibility index (Phi) is 6.19. The van der Waals surface area contributed by atoms with Crippen molar-refractivity contribution in [1.82, 2.24) is 0 Å².